The molecule has 0 N–H and O–H groups in total. The van der Waals surface area contributed by atoms with E-state index < -0.39 is 0 Å². The molecule has 0 radical (unpaired) electrons. The second-order valence-corrected chi connectivity index (χ2v) is 15.0. The van der Waals surface area contributed by atoms with E-state index in [0.717, 1.165) is 28.2 Å². The lowest BCUT2D eigenvalue weighted by molar-refractivity contribution is 0.102. The largest absolute Gasteiger partial charge is 0.311 e. The molecule has 9 rings (SSSR count). The number of rotatable bonds is 13. The Morgan fingerprint density at radius 3 is 0.746 bits per heavy atom. The van der Waals surface area contributed by atoms with E-state index in [2.05, 4.69) is 4.90 Å². The molecule has 0 aromatic heterocycles. The van der Waals surface area contributed by atoms with Crippen molar-refractivity contribution in [1.29, 1.82) is 0 Å². The van der Waals surface area contributed by atoms with E-state index >= 15 is 0 Å². The normalized spacial score (nSPS) is 10.8. The summed E-state index contributed by atoms with van der Waals surface area (Å²) in [6, 6.07) is 72.8. The van der Waals surface area contributed by atoms with Crippen LogP contribution in [0.5, 0.6) is 0 Å². The Kier molecular flexibility index (Phi) is 11.4. The summed E-state index contributed by atoms with van der Waals surface area (Å²) in [5, 5.41) is 0. The number of para-hydroxylation sites is 1. The van der Waals surface area contributed by atoms with Crippen molar-refractivity contribution < 1.29 is 19.2 Å². The summed E-state index contributed by atoms with van der Waals surface area (Å²) in [5.41, 5.74) is 8.98. The Balaban J connectivity index is 1.14. The molecule has 5 nitrogen and oxygen atoms in total. The van der Waals surface area contributed by atoms with Crippen LogP contribution in [0, 0.1) is 0 Å². The van der Waals surface area contributed by atoms with Crippen molar-refractivity contribution in [3.63, 3.8) is 0 Å². The van der Waals surface area contributed by atoms with Gasteiger partial charge in [0.15, 0.2) is 23.1 Å². The van der Waals surface area contributed by atoms with Gasteiger partial charge in [0.1, 0.15) is 0 Å². The number of hydrogen-bond acceptors (Lipinski definition) is 5. The van der Waals surface area contributed by atoms with Gasteiger partial charge in [0.05, 0.1) is 0 Å². The van der Waals surface area contributed by atoms with Crippen LogP contribution in [0.3, 0.4) is 0 Å². The van der Waals surface area contributed by atoms with Crippen molar-refractivity contribution in [2.45, 2.75) is 0 Å². The van der Waals surface area contributed by atoms with Gasteiger partial charge in [-0.1, -0.05) is 200 Å². The van der Waals surface area contributed by atoms with E-state index in [9.17, 15) is 19.2 Å². The zero-order valence-electron chi connectivity index (χ0n) is 34.1. The van der Waals surface area contributed by atoms with Crippen molar-refractivity contribution in [2.24, 2.45) is 0 Å². The first-order chi connectivity index (χ1) is 31.0. The summed E-state index contributed by atoms with van der Waals surface area (Å²) >= 11 is 0. The zero-order chi connectivity index (χ0) is 43.1. The number of carbonyl (C=O) groups excluding carboxylic acids is 4. The van der Waals surface area contributed by atoms with Gasteiger partial charge in [-0.2, -0.15) is 0 Å². The van der Waals surface area contributed by atoms with Crippen LogP contribution in [0.2, 0.25) is 0 Å². The van der Waals surface area contributed by atoms with Gasteiger partial charge in [-0.3, -0.25) is 19.2 Å². The highest BCUT2D eigenvalue weighted by Crippen LogP contribution is 2.39. The third-order valence-electron chi connectivity index (χ3n) is 11.1. The second kappa shape index (κ2) is 18.0. The molecule has 0 amide bonds. The molecule has 0 atom stereocenters. The molecule has 63 heavy (non-hydrogen) atoms. The fourth-order valence-corrected chi connectivity index (χ4v) is 8.04. The van der Waals surface area contributed by atoms with Crippen molar-refractivity contribution >= 4 is 40.2 Å². The smallest absolute Gasteiger partial charge is 0.193 e. The summed E-state index contributed by atoms with van der Waals surface area (Å²) in [6.45, 7) is 0. The number of hydrogen-bond donors (Lipinski definition) is 0. The van der Waals surface area contributed by atoms with Crippen molar-refractivity contribution in [3.05, 3.63) is 281 Å². The van der Waals surface area contributed by atoms with Crippen molar-refractivity contribution in [1.82, 2.24) is 0 Å². The maximum atomic E-state index is 14.1. The minimum atomic E-state index is -0.177. The first kappa shape index (κ1) is 39.9. The standard InChI is InChI=1S/C58H39NO4/c60-55(42-18-6-1-7-19-42)49-28-16-29-50(56(61)43-20-8-2-9-21-43)53(49)40-32-36-47(37-33-40)59(46-26-14-5-15-27-46)48-38-34-41(35-39-48)54-51(57(62)44-22-10-3-11-23-44)30-17-31-52(54)58(63)45-24-12-4-13-25-45/h1-39H. The lowest BCUT2D eigenvalue weighted by atomic mass is 9.87. The molecule has 0 bridgehead atoms. The molecule has 0 aliphatic carbocycles. The maximum Gasteiger partial charge on any atom is 0.193 e. The number of ketones is 4. The Morgan fingerprint density at radius 1 is 0.238 bits per heavy atom. The van der Waals surface area contributed by atoms with E-state index in [-0.39, 0.29) is 23.1 Å². The van der Waals surface area contributed by atoms with Gasteiger partial charge < -0.3 is 4.90 Å². The Hall–Kier alpha value is -8.54. The van der Waals surface area contributed by atoms with Crippen LogP contribution >= 0.6 is 0 Å². The van der Waals surface area contributed by atoms with Crippen LogP contribution in [0.25, 0.3) is 22.3 Å². The second-order valence-electron chi connectivity index (χ2n) is 15.0. The number of carbonyl (C=O) groups is 4. The van der Waals surface area contributed by atoms with Crippen LogP contribution in [0.1, 0.15) is 63.7 Å². The molecule has 0 unspecified atom stereocenters. The lowest BCUT2D eigenvalue weighted by Crippen LogP contribution is -2.11. The minimum Gasteiger partial charge on any atom is -0.311 e. The monoisotopic (exact) mass is 813 g/mol. The molecule has 0 saturated carbocycles. The van der Waals surface area contributed by atoms with Crippen LogP contribution in [0.4, 0.5) is 17.1 Å². The average Bonchev–Trinajstić information content (AvgIpc) is 3.37. The molecule has 0 fully saturated rings. The highest BCUT2D eigenvalue weighted by Gasteiger charge is 2.25. The molecule has 0 spiro atoms. The summed E-state index contributed by atoms with van der Waals surface area (Å²) in [7, 11) is 0. The van der Waals surface area contributed by atoms with Crippen LogP contribution in [-0.4, -0.2) is 23.1 Å². The molecule has 9 aromatic rings. The van der Waals surface area contributed by atoms with E-state index in [1.54, 1.807) is 84.9 Å². The molecule has 9 aromatic carbocycles. The fraction of sp³-hybridized carbons (Fsp3) is 0. The fourth-order valence-electron chi connectivity index (χ4n) is 8.04. The Labute approximate surface area is 366 Å². The SMILES string of the molecule is O=C(c1ccccc1)c1cccc(C(=O)c2ccccc2)c1-c1ccc(N(c2ccccc2)c2ccc(-c3c(C(=O)c4ccccc4)cccc3C(=O)c3ccccc3)cc2)cc1. The Bertz CT molecular complexity index is 2740. The molecule has 0 heterocycles. The van der Waals surface area contributed by atoms with E-state index in [0.29, 0.717) is 55.6 Å². The predicted molar refractivity (Wildman–Crippen MR) is 251 cm³/mol. The van der Waals surface area contributed by atoms with Gasteiger partial charge in [0, 0.05) is 72.7 Å². The van der Waals surface area contributed by atoms with Gasteiger partial charge in [-0.25, -0.2) is 0 Å². The average molecular weight is 814 g/mol. The van der Waals surface area contributed by atoms with Crippen LogP contribution < -0.4 is 4.90 Å². The number of nitrogens with zero attached hydrogens (tertiary/aromatic N) is 1. The number of benzene rings is 9. The molecule has 0 saturated heterocycles. The summed E-state index contributed by atoms with van der Waals surface area (Å²) < 4.78 is 0. The third kappa shape index (κ3) is 8.19. The molecular formula is C58H39NO4. The third-order valence-corrected chi connectivity index (χ3v) is 11.1. The summed E-state index contributed by atoms with van der Waals surface area (Å²) in [6.07, 6.45) is 0. The Morgan fingerprint density at radius 2 is 0.476 bits per heavy atom. The minimum absolute atomic E-state index is 0.177. The van der Waals surface area contributed by atoms with Gasteiger partial charge in [0.2, 0.25) is 0 Å². The summed E-state index contributed by atoms with van der Waals surface area (Å²) in [5.74, 6) is -0.707. The van der Waals surface area contributed by atoms with E-state index in [1.807, 2.05) is 152 Å². The molecule has 0 aliphatic heterocycles. The quantitative estimate of drug-likeness (QED) is 0.108. The lowest BCUT2D eigenvalue weighted by Gasteiger charge is -2.26. The summed E-state index contributed by atoms with van der Waals surface area (Å²) in [4.78, 5) is 58.6. The zero-order valence-corrected chi connectivity index (χ0v) is 34.1. The topological polar surface area (TPSA) is 71.5 Å². The van der Waals surface area contributed by atoms with Crippen LogP contribution in [0.15, 0.2) is 237 Å². The molecular weight excluding hydrogens is 775 g/mol. The maximum absolute atomic E-state index is 14.1. The van der Waals surface area contributed by atoms with Crippen molar-refractivity contribution in [2.75, 3.05) is 4.90 Å². The highest BCUT2D eigenvalue weighted by atomic mass is 16.1. The van der Waals surface area contributed by atoms with Gasteiger partial charge in [-0.15, -0.1) is 0 Å². The van der Waals surface area contributed by atoms with Crippen LogP contribution in [-0.2, 0) is 0 Å². The predicted octanol–water partition coefficient (Wildman–Crippen LogP) is 13.4. The van der Waals surface area contributed by atoms with Gasteiger partial charge in [0.25, 0.3) is 0 Å². The number of anilines is 3. The highest BCUT2D eigenvalue weighted by molar-refractivity contribution is 6.20. The van der Waals surface area contributed by atoms with Gasteiger partial charge >= 0.3 is 0 Å². The molecule has 5 heteroatoms. The molecule has 0 aliphatic rings. The van der Waals surface area contributed by atoms with Crippen molar-refractivity contribution in [3.8, 4) is 22.3 Å². The van der Waals surface area contributed by atoms with E-state index in [1.165, 1.54) is 0 Å². The first-order valence-corrected chi connectivity index (χ1v) is 20.7. The first-order valence-electron chi connectivity index (χ1n) is 20.7. The van der Waals surface area contributed by atoms with Gasteiger partial charge in [-0.05, 0) is 47.5 Å². The van der Waals surface area contributed by atoms with E-state index in [4.69, 9.17) is 0 Å². The molecule has 300 valence electrons.